The molecule has 8 nitrogen and oxygen atoms in total. The van der Waals surface area contributed by atoms with E-state index >= 15 is 0 Å². The first-order valence-electron chi connectivity index (χ1n) is 25.5. The molecule has 0 aliphatic carbocycles. The summed E-state index contributed by atoms with van der Waals surface area (Å²) in [5.41, 5.74) is 0. The van der Waals surface area contributed by atoms with Crippen LogP contribution in [0.15, 0.2) is 24.3 Å². The molecule has 0 radical (unpaired) electrons. The van der Waals surface area contributed by atoms with Gasteiger partial charge in [-0.15, -0.1) is 0 Å². The molecule has 0 bridgehead atoms. The molecule has 0 aromatic rings. The van der Waals surface area contributed by atoms with Gasteiger partial charge in [0.05, 0.1) is 13.2 Å². The van der Waals surface area contributed by atoms with Crippen LogP contribution in [0.2, 0.25) is 0 Å². The zero-order chi connectivity index (χ0) is 44.7. The van der Waals surface area contributed by atoms with E-state index < -0.39 is 20.8 Å². The van der Waals surface area contributed by atoms with Gasteiger partial charge in [0.2, 0.25) is 20.8 Å². The number of allylic oxidation sites excluding steroid dienone is 2. The molecule has 0 spiro atoms. The van der Waals surface area contributed by atoms with Gasteiger partial charge in [0.1, 0.15) is 0 Å². The topological polar surface area (TPSA) is 133 Å². The molecule has 0 aromatic carbocycles. The van der Waals surface area contributed by atoms with Gasteiger partial charge in [-0.25, -0.2) is 16.8 Å². The van der Waals surface area contributed by atoms with Crippen LogP contribution in [0.25, 0.3) is 0 Å². The molecule has 0 saturated carbocycles. The van der Waals surface area contributed by atoms with Crippen molar-refractivity contribution >= 4 is 58.5 Å². The second kappa shape index (κ2) is 51.5. The molecular weight excluding hydrogens is 833 g/mol. The Morgan fingerprint density at radius 2 is 0.574 bits per heavy atom. The van der Waals surface area contributed by atoms with Crippen LogP contribution in [0.3, 0.4) is 0 Å². The molecule has 0 rings (SSSR count). The van der Waals surface area contributed by atoms with Gasteiger partial charge in [-0.1, -0.05) is 257 Å². The summed E-state index contributed by atoms with van der Waals surface area (Å²) in [7, 11) is -9.21. The Balaban J connectivity index is -0.00000109. The Morgan fingerprint density at radius 1 is 0.361 bits per heavy atom. The third-order valence-electron chi connectivity index (χ3n) is 11.5. The van der Waals surface area contributed by atoms with Gasteiger partial charge >= 0.3 is 37.7 Å². The quantitative estimate of drug-likeness (QED) is 0.0194. The average molecular weight is 932 g/mol. The Hall–Kier alpha value is 0.480. The van der Waals surface area contributed by atoms with E-state index in [0.717, 1.165) is 38.5 Å². The molecule has 0 fully saturated rings. The molecule has 0 saturated heterocycles. The van der Waals surface area contributed by atoms with Crippen molar-refractivity contribution in [1.82, 2.24) is 0 Å². The number of rotatable bonds is 46. The van der Waals surface area contributed by atoms with Crippen LogP contribution >= 0.6 is 0 Å². The zero-order valence-electron chi connectivity index (χ0n) is 40.5. The minimum atomic E-state index is -4.61. The summed E-state index contributed by atoms with van der Waals surface area (Å²) in [6.45, 7) is 8.93. The van der Waals surface area contributed by atoms with Crippen molar-refractivity contribution in [2.75, 3.05) is 13.2 Å². The van der Waals surface area contributed by atoms with Crippen molar-refractivity contribution in [3.63, 3.8) is 0 Å². The number of hydrogen-bond acceptors (Lipinski definition) is 8. The van der Waals surface area contributed by atoms with Crippen molar-refractivity contribution in [1.29, 1.82) is 0 Å². The van der Waals surface area contributed by atoms with Crippen LogP contribution in [0.4, 0.5) is 0 Å². The first-order chi connectivity index (χ1) is 29.0. The van der Waals surface area contributed by atoms with Gasteiger partial charge < -0.3 is 9.11 Å². The molecule has 61 heavy (non-hydrogen) atoms. The van der Waals surface area contributed by atoms with Gasteiger partial charge in [0, 0.05) is 11.8 Å². The van der Waals surface area contributed by atoms with Crippen LogP contribution in [0, 0.1) is 11.8 Å². The third-order valence-corrected chi connectivity index (χ3v) is 12.3. The second-order valence-electron chi connectivity index (χ2n) is 17.5. The van der Waals surface area contributed by atoms with Crippen LogP contribution in [0.5, 0.6) is 0 Å². The third kappa shape index (κ3) is 60.5. The predicted molar refractivity (Wildman–Crippen MR) is 260 cm³/mol. The molecule has 0 heterocycles. The van der Waals surface area contributed by atoms with E-state index in [1.165, 1.54) is 205 Å². The minimum Gasteiger partial charge on any atom is -0.726 e. The van der Waals surface area contributed by atoms with Crippen LogP contribution in [-0.4, -0.2) is 76.9 Å². The summed E-state index contributed by atoms with van der Waals surface area (Å²) >= 11 is 0. The van der Waals surface area contributed by atoms with E-state index in [9.17, 15) is 25.9 Å². The fourth-order valence-corrected chi connectivity index (χ4v) is 8.30. The summed E-state index contributed by atoms with van der Waals surface area (Å²) in [6.07, 6.45) is 55.9. The van der Waals surface area contributed by atoms with Crippen LogP contribution < -0.4 is 0 Å². The Morgan fingerprint density at radius 3 is 0.803 bits per heavy atom. The minimum absolute atomic E-state index is 0. The van der Waals surface area contributed by atoms with E-state index in [1.807, 2.05) is 0 Å². The second-order valence-corrected chi connectivity index (χ2v) is 19.6. The van der Waals surface area contributed by atoms with Crippen molar-refractivity contribution in [2.45, 2.75) is 272 Å². The Bertz CT molecular complexity index is 1040. The van der Waals surface area contributed by atoms with Gasteiger partial charge in [-0.3, -0.25) is 8.37 Å². The van der Waals surface area contributed by atoms with Crippen molar-refractivity contribution in [3.05, 3.63) is 24.3 Å². The maximum absolute atomic E-state index is 10.8. The molecule has 0 amide bonds. The zero-order valence-corrected chi connectivity index (χ0v) is 44.4. The maximum atomic E-state index is 10.8. The number of unbranched alkanes of at least 4 members (excludes halogenated alkanes) is 32. The normalized spacial score (nSPS) is 13.1. The van der Waals surface area contributed by atoms with Crippen molar-refractivity contribution in [3.8, 4) is 0 Å². The molecule has 0 aliphatic rings. The Labute approximate surface area is 410 Å². The SMILES string of the molecule is CCCCCCCCCC/C=C/C(CCCCCCCCCCC)COS(=O)(=O)[O-].CCCCCCCCCC/C=C/C(CCCCCCCCCCC)COS(=O)(=O)[O-].[Ca+2]. The van der Waals surface area contributed by atoms with E-state index in [1.54, 1.807) is 0 Å². The van der Waals surface area contributed by atoms with Crippen molar-refractivity contribution in [2.24, 2.45) is 11.8 Å². The van der Waals surface area contributed by atoms with Gasteiger partial charge in [0.15, 0.2) is 0 Å². The van der Waals surface area contributed by atoms with Gasteiger partial charge in [0.25, 0.3) is 0 Å². The van der Waals surface area contributed by atoms with Crippen LogP contribution in [-0.2, 0) is 29.2 Å². The molecule has 0 aliphatic heterocycles. The summed E-state index contributed by atoms with van der Waals surface area (Å²) in [5, 5.41) is 0. The van der Waals surface area contributed by atoms with E-state index in [-0.39, 0.29) is 62.8 Å². The van der Waals surface area contributed by atoms with E-state index in [2.05, 4.69) is 60.4 Å². The average Bonchev–Trinajstić information content (AvgIpc) is 3.21. The standard InChI is InChI=1S/2C25H50O4S.Ca/c2*1-3-5-7-9-11-13-15-17-19-21-23-25(24-29-30(26,27)28)22-20-18-16-14-12-10-8-6-4-2;/h2*21,23,25H,3-20,22,24H2,1-2H3,(H,26,27,28);/q;;+2/p-2/b2*23-21+;. The number of hydrogen-bond donors (Lipinski definition) is 0. The Kier molecular flexibility index (Phi) is 55.5. The van der Waals surface area contributed by atoms with Gasteiger partial charge in [-0.2, -0.15) is 0 Å². The first-order valence-corrected chi connectivity index (χ1v) is 28.2. The molecule has 2 atom stereocenters. The molecule has 2 unspecified atom stereocenters. The predicted octanol–water partition coefficient (Wildman–Crippen LogP) is 15.8. The summed E-state index contributed by atoms with van der Waals surface area (Å²) in [4.78, 5) is 0. The van der Waals surface area contributed by atoms with E-state index in [0.29, 0.717) is 0 Å². The smallest absolute Gasteiger partial charge is 0.726 e. The molecular formula is C50H98CaO8S2. The monoisotopic (exact) mass is 931 g/mol. The molecule has 0 aromatic heterocycles. The first kappa shape index (κ1) is 65.8. The van der Waals surface area contributed by atoms with Gasteiger partial charge in [-0.05, 0) is 38.5 Å². The fourth-order valence-electron chi connectivity index (χ4n) is 7.62. The largest absolute Gasteiger partial charge is 2.00 e. The molecule has 0 N–H and O–H groups in total. The summed E-state index contributed by atoms with van der Waals surface area (Å²) in [5.74, 6) is 0.0413. The fraction of sp³-hybridized carbons (Fsp3) is 0.920. The molecule has 360 valence electrons. The summed E-state index contributed by atoms with van der Waals surface area (Å²) in [6, 6.07) is 0. The summed E-state index contributed by atoms with van der Waals surface area (Å²) < 4.78 is 73.9. The van der Waals surface area contributed by atoms with Crippen LogP contribution in [0.1, 0.15) is 272 Å². The molecule has 11 heteroatoms. The van der Waals surface area contributed by atoms with E-state index in [4.69, 9.17) is 0 Å². The maximum Gasteiger partial charge on any atom is 2.00 e. The van der Waals surface area contributed by atoms with Crippen molar-refractivity contribution < 1.29 is 34.3 Å².